The number of hydrogen-bond donors (Lipinski definition) is 1. The van der Waals surface area contributed by atoms with Gasteiger partial charge in [0.25, 0.3) is 0 Å². The number of rotatable bonds is 4. The van der Waals surface area contributed by atoms with E-state index >= 15 is 0 Å². The van der Waals surface area contributed by atoms with Crippen LogP contribution in [0.3, 0.4) is 0 Å². The Hall–Kier alpha value is -0.640. The molecule has 86 valence electrons. The number of hydrogen-bond acceptors (Lipinski definition) is 4. The van der Waals surface area contributed by atoms with Crippen LogP contribution >= 0.6 is 0 Å². The number of piperidine rings is 1. The van der Waals surface area contributed by atoms with Gasteiger partial charge in [-0.1, -0.05) is 0 Å². The second-order valence-electron chi connectivity index (χ2n) is 3.89. The summed E-state index contributed by atoms with van der Waals surface area (Å²) < 4.78 is 24.3. The molecule has 6 heteroatoms. The Bertz CT molecular complexity index is 328. The molecule has 0 aliphatic carbocycles. The Morgan fingerprint density at radius 1 is 1.47 bits per heavy atom. The predicted octanol–water partition coefficient (Wildman–Crippen LogP) is -0.229. The van der Waals surface area contributed by atoms with Gasteiger partial charge in [0.2, 0.25) is 10.0 Å². The molecule has 1 rings (SSSR count). The lowest BCUT2D eigenvalue weighted by Crippen LogP contribution is -2.37. The minimum absolute atomic E-state index is 0.421. The molecule has 0 bridgehead atoms. The van der Waals surface area contributed by atoms with Crippen molar-refractivity contribution in [1.82, 2.24) is 9.62 Å². The maximum atomic E-state index is 11.5. The van der Waals surface area contributed by atoms with E-state index in [1.54, 1.807) is 13.1 Å². The molecule has 1 fully saturated rings. The van der Waals surface area contributed by atoms with Gasteiger partial charge in [0.05, 0.1) is 6.07 Å². The van der Waals surface area contributed by atoms with Gasteiger partial charge < -0.3 is 5.32 Å². The molecule has 0 aromatic carbocycles. The molecule has 15 heavy (non-hydrogen) atoms. The Morgan fingerprint density at radius 2 is 2.07 bits per heavy atom. The monoisotopic (exact) mass is 231 g/mol. The van der Waals surface area contributed by atoms with Crippen molar-refractivity contribution < 1.29 is 8.42 Å². The number of sulfonamides is 1. The molecule has 0 amide bonds. The predicted molar refractivity (Wildman–Crippen MR) is 57.6 cm³/mol. The maximum absolute atomic E-state index is 11.5. The molecule has 1 heterocycles. The zero-order valence-electron chi connectivity index (χ0n) is 8.94. The van der Waals surface area contributed by atoms with Crippen LogP contribution in [0.15, 0.2) is 0 Å². The summed E-state index contributed by atoms with van der Waals surface area (Å²) in [7, 11) is -1.81. The molecule has 0 radical (unpaired) electrons. The van der Waals surface area contributed by atoms with Crippen LogP contribution in [0.25, 0.3) is 0 Å². The molecule has 0 aromatic rings. The van der Waals surface area contributed by atoms with Gasteiger partial charge in [0, 0.05) is 13.6 Å². The van der Waals surface area contributed by atoms with Crippen LogP contribution in [0.5, 0.6) is 0 Å². The highest BCUT2D eigenvalue weighted by Gasteiger charge is 2.22. The summed E-state index contributed by atoms with van der Waals surface area (Å²) in [5, 5.41) is 11.6. The largest absolute Gasteiger partial charge is 0.317 e. The van der Waals surface area contributed by atoms with Crippen LogP contribution in [0.1, 0.15) is 12.8 Å². The van der Waals surface area contributed by atoms with E-state index in [0.29, 0.717) is 12.5 Å². The van der Waals surface area contributed by atoms with E-state index in [9.17, 15) is 8.42 Å². The van der Waals surface area contributed by atoms with Gasteiger partial charge in [0.15, 0.2) is 5.75 Å². The van der Waals surface area contributed by atoms with Crippen LogP contribution < -0.4 is 5.32 Å². The molecule has 1 aliphatic rings. The van der Waals surface area contributed by atoms with E-state index in [0.717, 1.165) is 25.9 Å². The molecule has 0 saturated carbocycles. The number of nitriles is 1. The standard InChI is InChI=1S/C9H17N3O2S/c1-12(15(13,14)7-4-10)8-9-2-5-11-6-3-9/h9,11H,2-3,5-8H2,1H3. The molecule has 5 nitrogen and oxygen atoms in total. The summed E-state index contributed by atoms with van der Waals surface area (Å²) in [6.45, 7) is 2.44. The van der Waals surface area contributed by atoms with Gasteiger partial charge in [-0.05, 0) is 31.8 Å². The fourth-order valence-corrected chi connectivity index (χ4v) is 2.55. The van der Waals surface area contributed by atoms with E-state index in [2.05, 4.69) is 5.32 Å². The average Bonchev–Trinajstić information content (AvgIpc) is 2.19. The van der Waals surface area contributed by atoms with E-state index in [1.165, 1.54) is 4.31 Å². The Kier molecular flexibility index (Phi) is 4.51. The third kappa shape index (κ3) is 3.78. The SMILES string of the molecule is CN(CC1CCNCC1)S(=O)(=O)CC#N. The highest BCUT2D eigenvalue weighted by atomic mass is 32.2. The molecule has 0 spiro atoms. The molecular formula is C9H17N3O2S. The molecule has 1 aliphatic heterocycles. The lowest BCUT2D eigenvalue weighted by molar-refractivity contribution is 0.311. The highest BCUT2D eigenvalue weighted by molar-refractivity contribution is 7.89. The summed E-state index contributed by atoms with van der Waals surface area (Å²) in [6.07, 6.45) is 2.01. The quantitative estimate of drug-likeness (QED) is 0.725. The maximum Gasteiger partial charge on any atom is 0.227 e. The van der Waals surface area contributed by atoms with Crippen LogP contribution in [0.2, 0.25) is 0 Å². The van der Waals surface area contributed by atoms with Crippen LogP contribution in [0.4, 0.5) is 0 Å². The Labute approximate surface area is 91.1 Å². The van der Waals surface area contributed by atoms with Crippen molar-refractivity contribution in [3.63, 3.8) is 0 Å². The van der Waals surface area contributed by atoms with Gasteiger partial charge >= 0.3 is 0 Å². The van der Waals surface area contributed by atoms with Crippen LogP contribution in [-0.2, 0) is 10.0 Å². The summed E-state index contributed by atoms with van der Waals surface area (Å²) in [6, 6.07) is 1.68. The normalized spacial score (nSPS) is 19.0. The summed E-state index contributed by atoms with van der Waals surface area (Å²) in [4.78, 5) is 0. The fraction of sp³-hybridized carbons (Fsp3) is 0.889. The third-order valence-corrected chi connectivity index (χ3v) is 4.29. The second-order valence-corrected chi connectivity index (χ2v) is 5.96. The van der Waals surface area contributed by atoms with E-state index in [-0.39, 0.29) is 0 Å². The molecular weight excluding hydrogens is 214 g/mol. The first-order valence-electron chi connectivity index (χ1n) is 5.08. The first-order chi connectivity index (χ1) is 7.06. The van der Waals surface area contributed by atoms with Gasteiger partial charge in [-0.15, -0.1) is 0 Å². The Morgan fingerprint density at radius 3 is 2.60 bits per heavy atom. The van der Waals surface area contributed by atoms with E-state index in [4.69, 9.17) is 5.26 Å². The van der Waals surface area contributed by atoms with Crippen LogP contribution in [-0.4, -0.2) is 45.2 Å². The summed E-state index contributed by atoms with van der Waals surface area (Å²) in [5.74, 6) is -0.00112. The zero-order valence-corrected chi connectivity index (χ0v) is 9.76. The highest BCUT2D eigenvalue weighted by Crippen LogP contribution is 2.14. The average molecular weight is 231 g/mol. The lowest BCUT2D eigenvalue weighted by Gasteiger charge is -2.26. The van der Waals surface area contributed by atoms with Gasteiger partial charge in [-0.2, -0.15) is 5.26 Å². The number of nitrogens with one attached hydrogen (secondary N) is 1. The third-order valence-electron chi connectivity index (χ3n) is 2.70. The number of nitrogens with zero attached hydrogens (tertiary/aromatic N) is 2. The van der Waals surface area contributed by atoms with Gasteiger partial charge in [-0.25, -0.2) is 12.7 Å². The Balaban J connectivity index is 2.47. The van der Waals surface area contributed by atoms with Crippen LogP contribution in [0, 0.1) is 17.2 Å². The summed E-state index contributed by atoms with van der Waals surface area (Å²) >= 11 is 0. The molecule has 1 saturated heterocycles. The van der Waals surface area contributed by atoms with Gasteiger partial charge in [0.1, 0.15) is 0 Å². The second kappa shape index (κ2) is 5.45. The minimum Gasteiger partial charge on any atom is -0.317 e. The lowest BCUT2D eigenvalue weighted by atomic mass is 9.98. The molecule has 1 N–H and O–H groups in total. The van der Waals surface area contributed by atoms with Gasteiger partial charge in [-0.3, -0.25) is 0 Å². The topological polar surface area (TPSA) is 73.2 Å². The fourth-order valence-electron chi connectivity index (χ4n) is 1.73. The molecule has 0 atom stereocenters. The minimum atomic E-state index is -3.36. The van der Waals surface area contributed by atoms with Crippen molar-refractivity contribution in [2.75, 3.05) is 32.4 Å². The first kappa shape index (κ1) is 12.4. The zero-order chi connectivity index (χ0) is 11.3. The van der Waals surface area contributed by atoms with Crippen molar-refractivity contribution in [3.8, 4) is 6.07 Å². The smallest absolute Gasteiger partial charge is 0.227 e. The van der Waals surface area contributed by atoms with Crippen molar-refractivity contribution >= 4 is 10.0 Å². The van der Waals surface area contributed by atoms with Crippen molar-refractivity contribution in [1.29, 1.82) is 5.26 Å². The van der Waals surface area contributed by atoms with Crippen molar-refractivity contribution in [2.24, 2.45) is 5.92 Å². The summed E-state index contributed by atoms with van der Waals surface area (Å²) in [5.41, 5.74) is 0. The first-order valence-corrected chi connectivity index (χ1v) is 6.69. The van der Waals surface area contributed by atoms with E-state index < -0.39 is 15.8 Å². The molecule has 0 unspecified atom stereocenters. The molecule has 0 aromatic heterocycles. The van der Waals surface area contributed by atoms with Crippen molar-refractivity contribution in [2.45, 2.75) is 12.8 Å². The van der Waals surface area contributed by atoms with Crippen molar-refractivity contribution in [3.05, 3.63) is 0 Å². The van der Waals surface area contributed by atoms with E-state index in [1.807, 2.05) is 0 Å².